The summed E-state index contributed by atoms with van der Waals surface area (Å²) in [7, 11) is 0. The van der Waals surface area contributed by atoms with Crippen LogP contribution in [0.5, 0.6) is 0 Å². The van der Waals surface area contributed by atoms with Crippen LogP contribution in [-0.4, -0.2) is 12.6 Å². The highest BCUT2D eigenvalue weighted by Gasteiger charge is 2.18. The Morgan fingerprint density at radius 2 is 2.14 bits per heavy atom. The summed E-state index contributed by atoms with van der Waals surface area (Å²) in [6.07, 6.45) is 14.4. The highest BCUT2D eigenvalue weighted by atomic mass is 14.9. The molecule has 0 saturated heterocycles. The third-order valence-electron chi connectivity index (χ3n) is 3.22. The summed E-state index contributed by atoms with van der Waals surface area (Å²) in [5.74, 6) is 3.63. The minimum absolute atomic E-state index is 0.755. The molecule has 2 unspecified atom stereocenters. The minimum atomic E-state index is 0.755. The van der Waals surface area contributed by atoms with Crippen LogP contribution in [0.2, 0.25) is 0 Å². The lowest BCUT2D eigenvalue weighted by atomic mass is 9.93. The van der Waals surface area contributed by atoms with Crippen LogP contribution in [0.3, 0.4) is 0 Å². The van der Waals surface area contributed by atoms with Crippen molar-refractivity contribution in [3.8, 4) is 12.3 Å². The van der Waals surface area contributed by atoms with Gasteiger partial charge in [0.15, 0.2) is 0 Å². The van der Waals surface area contributed by atoms with Gasteiger partial charge in [0.1, 0.15) is 0 Å². The number of terminal acetylenes is 1. The molecule has 0 aliphatic heterocycles. The van der Waals surface area contributed by atoms with Gasteiger partial charge >= 0.3 is 0 Å². The van der Waals surface area contributed by atoms with Crippen LogP contribution in [-0.2, 0) is 0 Å². The highest BCUT2D eigenvalue weighted by Crippen LogP contribution is 2.26. The first-order valence-corrected chi connectivity index (χ1v) is 6.03. The fraction of sp³-hybridized carbons (Fsp3) is 0.846. The maximum absolute atomic E-state index is 5.31. The number of nitrogens with one attached hydrogen (secondary N) is 1. The fourth-order valence-electron chi connectivity index (χ4n) is 2.49. The number of rotatable bonds is 4. The molecule has 0 bridgehead atoms. The standard InChI is InChI=1S/C13H23N/c1-3-5-8-12-9-6-7-10-13(11-12)14-4-2/h1,12-14H,4-11H2,2H3. The van der Waals surface area contributed by atoms with Crippen LogP contribution in [0.1, 0.15) is 51.9 Å². The Morgan fingerprint density at radius 1 is 1.36 bits per heavy atom. The molecule has 0 aromatic heterocycles. The van der Waals surface area contributed by atoms with Crippen LogP contribution in [0.25, 0.3) is 0 Å². The lowest BCUT2D eigenvalue weighted by molar-refractivity contribution is 0.376. The molecule has 0 amide bonds. The Kier molecular flexibility index (Phi) is 5.71. The monoisotopic (exact) mass is 193 g/mol. The molecule has 1 aliphatic rings. The van der Waals surface area contributed by atoms with Crippen molar-refractivity contribution in [1.29, 1.82) is 0 Å². The lowest BCUT2D eigenvalue weighted by Gasteiger charge is -2.19. The first-order valence-electron chi connectivity index (χ1n) is 6.03. The van der Waals surface area contributed by atoms with E-state index in [2.05, 4.69) is 18.2 Å². The van der Waals surface area contributed by atoms with Gasteiger partial charge in [-0.25, -0.2) is 0 Å². The van der Waals surface area contributed by atoms with E-state index in [-0.39, 0.29) is 0 Å². The van der Waals surface area contributed by atoms with Crippen LogP contribution in [0.4, 0.5) is 0 Å². The van der Waals surface area contributed by atoms with E-state index in [9.17, 15) is 0 Å². The molecule has 1 rings (SSSR count). The Morgan fingerprint density at radius 3 is 2.86 bits per heavy atom. The van der Waals surface area contributed by atoms with Gasteiger partial charge in [-0.2, -0.15) is 0 Å². The molecule has 14 heavy (non-hydrogen) atoms. The molecule has 1 fully saturated rings. The average Bonchev–Trinajstić information content (AvgIpc) is 2.41. The lowest BCUT2D eigenvalue weighted by Crippen LogP contribution is -2.29. The van der Waals surface area contributed by atoms with Gasteiger partial charge in [-0.15, -0.1) is 12.3 Å². The zero-order valence-corrected chi connectivity index (χ0v) is 9.39. The zero-order chi connectivity index (χ0) is 10.2. The molecule has 80 valence electrons. The summed E-state index contributed by atoms with van der Waals surface area (Å²) in [5.41, 5.74) is 0. The first kappa shape index (κ1) is 11.6. The Bertz CT molecular complexity index is 180. The van der Waals surface area contributed by atoms with Crippen molar-refractivity contribution in [3.63, 3.8) is 0 Å². The Labute approximate surface area is 88.7 Å². The summed E-state index contributed by atoms with van der Waals surface area (Å²) < 4.78 is 0. The van der Waals surface area contributed by atoms with Gasteiger partial charge in [-0.3, -0.25) is 0 Å². The predicted molar refractivity (Wildman–Crippen MR) is 62.1 cm³/mol. The molecule has 2 atom stereocenters. The van der Waals surface area contributed by atoms with Gasteiger partial charge in [0.05, 0.1) is 0 Å². The molecule has 0 spiro atoms. The topological polar surface area (TPSA) is 12.0 Å². The molecule has 1 aliphatic carbocycles. The van der Waals surface area contributed by atoms with Crippen LogP contribution in [0, 0.1) is 18.3 Å². The minimum Gasteiger partial charge on any atom is -0.314 e. The average molecular weight is 193 g/mol. The molecule has 0 heterocycles. The summed E-state index contributed by atoms with van der Waals surface area (Å²) in [6.45, 7) is 3.30. The number of hydrogen-bond acceptors (Lipinski definition) is 1. The van der Waals surface area contributed by atoms with Crippen molar-refractivity contribution in [2.24, 2.45) is 5.92 Å². The van der Waals surface area contributed by atoms with Crippen LogP contribution < -0.4 is 5.32 Å². The van der Waals surface area contributed by atoms with Gasteiger partial charge in [0, 0.05) is 12.5 Å². The summed E-state index contributed by atoms with van der Waals surface area (Å²) in [5, 5.41) is 3.58. The van der Waals surface area contributed by atoms with E-state index < -0.39 is 0 Å². The maximum atomic E-state index is 5.31. The SMILES string of the molecule is C#CCCC1CCCCC(NCC)C1. The molecule has 0 aromatic rings. The molecule has 1 nitrogen and oxygen atoms in total. The van der Waals surface area contributed by atoms with Crippen LogP contribution in [0.15, 0.2) is 0 Å². The molecular formula is C13H23N. The third kappa shape index (κ3) is 4.15. The van der Waals surface area contributed by atoms with E-state index >= 15 is 0 Å². The first-order chi connectivity index (χ1) is 6.86. The second-order valence-corrected chi connectivity index (χ2v) is 4.38. The molecule has 0 aromatic carbocycles. The van der Waals surface area contributed by atoms with Crippen molar-refractivity contribution in [3.05, 3.63) is 0 Å². The van der Waals surface area contributed by atoms with E-state index in [0.29, 0.717) is 0 Å². The summed E-state index contributed by atoms with van der Waals surface area (Å²) in [4.78, 5) is 0. The van der Waals surface area contributed by atoms with Gasteiger partial charge in [0.2, 0.25) is 0 Å². The van der Waals surface area contributed by atoms with Crippen molar-refractivity contribution in [1.82, 2.24) is 5.32 Å². The summed E-state index contributed by atoms with van der Waals surface area (Å²) in [6, 6.07) is 0.755. The van der Waals surface area contributed by atoms with Crippen molar-refractivity contribution in [2.75, 3.05) is 6.54 Å². The van der Waals surface area contributed by atoms with Crippen molar-refractivity contribution in [2.45, 2.75) is 57.9 Å². The van der Waals surface area contributed by atoms with Gasteiger partial charge in [-0.05, 0) is 31.7 Å². The zero-order valence-electron chi connectivity index (χ0n) is 9.39. The Hall–Kier alpha value is -0.480. The van der Waals surface area contributed by atoms with E-state index in [1.54, 1.807) is 0 Å². The normalized spacial score (nSPS) is 28.0. The maximum Gasteiger partial charge on any atom is 0.00887 e. The second kappa shape index (κ2) is 6.90. The highest BCUT2D eigenvalue weighted by molar-refractivity contribution is 4.85. The molecule has 1 N–H and O–H groups in total. The van der Waals surface area contributed by atoms with Gasteiger partial charge in [-0.1, -0.05) is 26.2 Å². The van der Waals surface area contributed by atoms with E-state index in [1.165, 1.54) is 38.5 Å². The van der Waals surface area contributed by atoms with Crippen molar-refractivity contribution < 1.29 is 0 Å². The van der Waals surface area contributed by atoms with Crippen LogP contribution >= 0.6 is 0 Å². The largest absolute Gasteiger partial charge is 0.314 e. The third-order valence-corrected chi connectivity index (χ3v) is 3.22. The second-order valence-electron chi connectivity index (χ2n) is 4.38. The summed E-state index contributed by atoms with van der Waals surface area (Å²) >= 11 is 0. The molecule has 1 saturated carbocycles. The van der Waals surface area contributed by atoms with Gasteiger partial charge in [0.25, 0.3) is 0 Å². The quantitative estimate of drug-likeness (QED) is 0.534. The molecule has 1 heteroatoms. The van der Waals surface area contributed by atoms with E-state index in [1.807, 2.05) is 0 Å². The van der Waals surface area contributed by atoms with E-state index in [4.69, 9.17) is 6.42 Å². The molecule has 0 radical (unpaired) electrons. The van der Waals surface area contributed by atoms with E-state index in [0.717, 1.165) is 24.9 Å². The predicted octanol–water partition coefficient (Wildman–Crippen LogP) is 2.96. The Balaban J connectivity index is 2.31. The smallest absolute Gasteiger partial charge is 0.00887 e. The van der Waals surface area contributed by atoms with Gasteiger partial charge < -0.3 is 5.32 Å². The fourth-order valence-corrected chi connectivity index (χ4v) is 2.49. The molecular weight excluding hydrogens is 170 g/mol. The van der Waals surface area contributed by atoms with Crippen molar-refractivity contribution >= 4 is 0 Å². The number of hydrogen-bond donors (Lipinski definition) is 1.